The van der Waals surface area contributed by atoms with Crippen LogP contribution in [0.25, 0.3) is 0 Å². The summed E-state index contributed by atoms with van der Waals surface area (Å²) in [6, 6.07) is 3.77. The van der Waals surface area contributed by atoms with Crippen molar-refractivity contribution in [2.24, 2.45) is 0 Å². The highest BCUT2D eigenvalue weighted by molar-refractivity contribution is 5.33. The van der Waals surface area contributed by atoms with Gasteiger partial charge in [0.05, 0.1) is 6.61 Å². The zero-order valence-electron chi connectivity index (χ0n) is 9.82. The smallest absolute Gasteiger partial charge is 0.224 e. The van der Waals surface area contributed by atoms with E-state index in [4.69, 9.17) is 10.00 Å². The van der Waals surface area contributed by atoms with Crippen LogP contribution in [0.1, 0.15) is 25.2 Å². The molecule has 0 fully saturated rings. The predicted molar refractivity (Wildman–Crippen MR) is 61.1 cm³/mol. The van der Waals surface area contributed by atoms with E-state index in [1.54, 1.807) is 6.07 Å². The fourth-order valence-electron chi connectivity index (χ4n) is 1.25. The third-order valence-electron chi connectivity index (χ3n) is 1.92. The molecule has 1 rings (SSSR count). The van der Waals surface area contributed by atoms with Crippen molar-refractivity contribution in [2.75, 3.05) is 18.5 Å². The van der Waals surface area contributed by atoms with Crippen molar-refractivity contribution in [1.82, 2.24) is 9.97 Å². The summed E-state index contributed by atoms with van der Waals surface area (Å²) >= 11 is 0. The maximum absolute atomic E-state index is 8.77. The minimum atomic E-state index is 0.119. The maximum Gasteiger partial charge on any atom is 0.224 e. The van der Waals surface area contributed by atoms with Crippen LogP contribution < -0.4 is 5.32 Å². The largest absolute Gasteiger partial charge is 0.380 e. The molecule has 16 heavy (non-hydrogen) atoms. The summed E-state index contributed by atoms with van der Waals surface area (Å²) in [5, 5.41) is 11.9. The van der Waals surface area contributed by atoms with Crippen LogP contribution in [0.4, 0.5) is 5.95 Å². The maximum atomic E-state index is 8.77. The highest BCUT2D eigenvalue weighted by Gasteiger charge is 2.06. The van der Waals surface area contributed by atoms with E-state index in [1.807, 2.05) is 26.8 Å². The van der Waals surface area contributed by atoms with Crippen molar-refractivity contribution in [3.8, 4) is 6.07 Å². The molecular formula is C11H16N4O. The van der Waals surface area contributed by atoms with E-state index >= 15 is 0 Å². The summed E-state index contributed by atoms with van der Waals surface area (Å²) < 4.78 is 5.27. The molecule has 0 amide bonds. The summed E-state index contributed by atoms with van der Waals surface area (Å²) in [4.78, 5) is 8.26. The van der Waals surface area contributed by atoms with E-state index in [-0.39, 0.29) is 6.04 Å². The Morgan fingerprint density at radius 3 is 2.94 bits per heavy atom. The zero-order chi connectivity index (χ0) is 12.0. The molecule has 1 aromatic rings. The number of aryl methyl sites for hydroxylation is 1. The van der Waals surface area contributed by atoms with Crippen molar-refractivity contribution in [3.63, 3.8) is 0 Å². The second-order valence-corrected chi connectivity index (χ2v) is 3.53. The first kappa shape index (κ1) is 12.4. The van der Waals surface area contributed by atoms with Crippen molar-refractivity contribution < 1.29 is 4.74 Å². The zero-order valence-corrected chi connectivity index (χ0v) is 9.82. The molecule has 0 aliphatic carbocycles. The average molecular weight is 220 g/mol. The van der Waals surface area contributed by atoms with Crippen molar-refractivity contribution in [3.05, 3.63) is 17.5 Å². The molecule has 0 aromatic carbocycles. The Kier molecular flexibility index (Phi) is 4.67. The summed E-state index contributed by atoms with van der Waals surface area (Å²) in [5.74, 6) is 0.476. The van der Waals surface area contributed by atoms with E-state index in [1.165, 1.54) is 0 Å². The van der Waals surface area contributed by atoms with Gasteiger partial charge in [0, 0.05) is 18.3 Å². The lowest BCUT2D eigenvalue weighted by atomic mass is 10.3. The molecule has 0 radical (unpaired) electrons. The van der Waals surface area contributed by atoms with Gasteiger partial charge in [-0.15, -0.1) is 0 Å². The Labute approximate surface area is 95.5 Å². The molecule has 0 bridgehead atoms. The Balaban J connectivity index is 2.66. The highest BCUT2D eigenvalue weighted by Crippen LogP contribution is 2.05. The number of nitrogens with one attached hydrogen (secondary N) is 1. The lowest BCUT2D eigenvalue weighted by Crippen LogP contribution is -2.23. The fraction of sp³-hybridized carbons (Fsp3) is 0.545. The van der Waals surface area contributed by atoms with Crippen LogP contribution >= 0.6 is 0 Å². The van der Waals surface area contributed by atoms with Gasteiger partial charge in [0.25, 0.3) is 0 Å². The Morgan fingerprint density at radius 2 is 2.31 bits per heavy atom. The molecule has 5 nitrogen and oxygen atoms in total. The van der Waals surface area contributed by atoms with Crippen molar-refractivity contribution in [2.45, 2.75) is 26.8 Å². The van der Waals surface area contributed by atoms with Gasteiger partial charge in [-0.1, -0.05) is 0 Å². The van der Waals surface area contributed by atoms with Crippen LogP contribution in [0.15, 0.2) is 6.07 Å². The third-order valence-corrected chi connectivity index (χ3v) is 1.92. The third kappa shape index (κ3) is 3.83. The normalized spacial score (nSPS) is 11.9. The number of anilines is 1. The molecule has 0 aliphatic rings. The standard InChI is InChI=1S/C11H16N4O/c1-4-16-7-9(3)14-11-13-8(2)5-10(6-12)15-11/h5,9H,4,7H2,1-3H3,(H,13,14,15). The molecule has 0 saturated carbocycles. The Morgan fingerprint density at radius 1 is 1.56 bits per heavy atom. The molecule has 86 valence electrons. The number of aromatic nitrogens is 2. The summed E-state index contributed by atoms with van der Waals surface area (Å²) in [7, 11) is 0. The molecule has 1 aromatic heterocycles. The van der Waals surface area contributed by atoms with Crippen LogP contribution in [-0.2, 0) is 4.74 Å². The topological polar surface area (TPSA) is 70.8 Å². The molecule has 0 saturated heterocycles. The van der Waals surface area contributed by atoms with Gasteiger partial charge in [-0.25, -0.2) is 9.97 Å². The second kappa shape index (κ2) is 6.03. The summed E-state index contributed by atoms with van der Waals surface area (Å²) in [6.45, 7) is 7.04. The number of hydrogen-bond donors (Lipinski definition) is 1. The molecule has 1 unspecified atom stereocenters. The van der Waals surface area contributed by atoms with Gasteiger partial charge in [-0.3, -0.25) is 0 Å². The van der Waals surface area contributed by atoms with Gasteiger partial charge in [-0.2, -0.15) is 5.26 Å². The minimum Gasteiger partial charge on any atom is -0.380 e. The molecule has 1 N–H and O–H groups in total. The summed E-state index contributed by atoms with van der Waals surface area (Å²) in [5.41, 5.74) is 1.15. The average Bonchev–Trinajstić information content (AvgIpc) is 2.25. The number of nitriles is 1. The van der Waals surface area contributed by atoms with Gasteiger partial charge in [0.2, 0.25) is 5.95 Å². The van der Waals surface area contributed by atoms with E-state index in [9.17, 15) is 0 Å². The monoisotopic (exact) mass is 220 g/mol. The van der Waals surface area contributed by atoms with Gasteiger partial charge >= 0.3 is 0 Å². The van der Waals surface area contributed by atoms with Crippen molar-refractivity contribution >= 4 is 5.95 Å². The van der Waals surface area contributed by atoms with Crippen LogP contribution in [0.2, 0.25) is 0 Å². The summed E-state index contributed by atoms with van der Waals surface area (Å²) in [6.07, 6.45) is 0. The molecular weight excluding hydrogens is 204 g/mol. The van der Waals surface area contributed by atoms with Crippen LogP contribution in [0.3, 0.4) is 0 Å². The molecule has 5 heteroatoms. The first-order chi connectivity index (χ1) is 7.65. The van der Waals surface area contributed by atoms with Gasteiger partial charge in [0.15, 0.2) is 0 Å². The van der Waals surface area contributed by atoms with E-state index < -0.39 is 0 Å². The van der Waals surface area contributed by atoms with Gasteiger partial charge in [-0.05, 0) is 26.8 Å². The Hall–Kier alpha value is -1.67. The van der Waals surface area contributed by atoms with E-state index in [0.29, 0.717) is 24.9 Å². The minimum absolute atomic E-state index is 0.119. The number of hydrogen-bond acceptors (Lipinski definition) is 5. The van der Waals surface area contributed by atoms with Gasteiger partial charge in [0.1, 0.15) is 11.8 Å². The highest BCUT2D eigenvalue weighted by atomic mass is 16.5. The molecule has 0 aliphatic heterocycles. The van der Waals surface area contributed by atoms with Gasteiger partial charge < -0.3 is 10.1 Å². The molecule has 1 atom stereocenters. The van der Waals surface area contributed by atoms with Crippen LogP contribution in [-0.4, -0.2) is 29.2 Å². The SMILES string of the molecule is CCOCC(C)Nc1nc(C)cc(C#N)n1. The number of rotatable bonds is 5. The quantitative estimate of drug-likeness (QED) is 0.814. The first-order valence-electron chi connectivity index (χ1n) is 5.25. The first-order valence-corrected chi connectivity index (χ1v) is 5.25. The molecule has 1 heterocycles. The van der Waals surface area contributed by atoms with Crippen LogP contribution in [0.5, 0.6) is 0 Å². The van der Waals surface area contributed by atoms with Crippen LogP contribution in [0, 0.1) is 18.3 Å². The lowest BCUT2D eigenvalue weighted by Gasteiger charge is -2.13. The van der Waals surface area contributed by atoms with Crippen molar-refractivity contribution in [1.29, 1.82) is 5.26 Å². The van der Waals surface area contributed by atoms with E-state index in [2.05, 4.69) is 15.3 Å². The number of ether oxygens (including phenoxy) is 1. The lowest BCUT2D eigenvalue weighted by molar-refractivity contribution is 0.141. The fourth-order valence-corrected chi connectivity index (χ4v) is 1.25. The van der Waals surface area contributed by atoms with E-state index in [0.717, 1.165) is 5.69 Å². The second-order valence-electron chi connectivity index (χ2n) is 3.53. The Bertz CT molecular complexity index is 386. The number of nitrogens with zero attached hydrogens (tertiary/aromatic N) is 3. The predicted octanol–water partition coefficient (Wildman–Crippen LogP) is 1.49. The molecule has 0 spiro atoms.